The Hall–Kier alpha value is -2.70. The molecule has 0 spiro atoms. The summed E-state index contributed by atoms with van der Waals surface area (Å²) in [5, 5.41) is 7.06. The number of amides is 2. The second-order valence-electron chi connectivity index (χ2n) is 6.66. The van der Waals surface area contributed by atoms with Gasteiger partial charge in [0.2, 0.25) is 5.91 Å². The molecule has 1 atom stereocenters. The second kappa shape index (κ2) is 6.31. The van der Waals surface area contributed by atoms with Gasteiger partial charge in [0.15, 0.2) is 5.82 Å². The summed E-state index contributed by atoms with van der Waals surface area (Å²) in [6, 6.07) is 7.58. The highest BCUT2D eigenvalue weighted by Gasteiger charge is 2.33. The smallest absolute Gasteiger partial charge is 0.254 e. The lowest BCUT2D eigenvalue weighted by Gasteiger charge is -2.24. The van der Waals surface area contributed by atoms with E-state index in [9.17, 15) is 9.59 Å². The maximum Gasteiger partial charge on any atom is 0.254 e. The van der Waals surface area contributed by atoms with E-state index in [4.69, 9.17) is 0 Å². The minimum atomic E-state index is -0.0519. The fourth-order valence-corrected chi connectivity index (χ4v) is 3.71. The highest BCUT2D eigenvalue weighted by atomic mass is 16.2. The van der Waals surface area contributed by atoms with Gasteiger partial charge < -0.3 is 9.80 Å². The Morgan fingerprint density at radius 1 is 1.36 bits per heavy atom. The molecular weight excluding hydrogens is 318 g/mol. The van der Waals surface area contributed by atoms with E-state index < -0.39 is 0 Å². The number of hydrogen-bond acceptors (Lipinski definition) is 4. The molecule has 7 heteroatoms. The third kappa shape index (κ3) is 2.90. The predicted octanol–water partition coefficient (Wildman–Crippen LogP) is 1.82. The van der Waals surface area contributed by atoms with E-state index in [0.29, 0.717) is 25.3 Å². The van der Waals surface area contributed by atoms with Crippen LogP contribution in [0.15, 0.2) is 24.3 Å². The Bertz CT molecular complexity index is 815. The van der Waals surface area contributed by atoms with Crippen LogP contribution >= 0.6 is 0 Å². The van der Waals surface area contributed by atoms with Crippen LogP contribution in [0.25, 0.3) is 0 Å². The quantitative estimate of drug-likeness (QED) is 0.921. The average Bonchev–Trinajstić information content (AvgIpc) is 3.32. The Morgan fingerprint density at radius 3 is 2.96 bits per heavy atom. The fourth-order valence-electron chi connectivity index (χ4n) is 3.71. The van der Waals surface area contributed by atoms with Gasteiger partial charge in [-0.15, -0.1) is 0 Å². The second-order valence-corrected chi connectivity index (χ2v) is 6.66. The molecule has 0 bridgehead atoms. The standard InChI is InChI=1S/C18H21N5O2/c1-12-19-17(21-20-12)15-7-4-9-23(15)16(24)8-10-22-11-13-5-2-3-6-14(13)18(22)25/h2-3,5-6,15H,4,7-11H2,1H3,(H,19,20,21). The molecule has 2 aliphatic rings. The third-order valence-electron chi connectivity index (χ3n) is 4.98. The van der Waals surface area contributed by atoms with Gasteiger partial charge in [-0.1, -0.05) is 18.2 Å². The molecule has 1 saturated heterocycles. The molecule has 1 unspecified atom stereocenters. The van der Waals surface area contributed by atoms with Crippen molar-refractivity contribution in [2.24, 2.45) is 0 Å². The molecular formula is C18H21N5O2. The molecule has 7 nitrogen and oxygen atoms in total. The number of hydrogen-bond donors (Lipinski definition) is 1. The topological polar surface area (TPSA) is 82.2 Å². The molecule has 0 radical (unpaired) electrons. The van der Waals surface area contributed by atoms with Crippen molar-refractivity contribution in [3.63, 3.8) is 0 Å². The Labute approximate surface area is 146 Å². The zero-order valence-corrected chi connectivity index (χ0v) is 14.2. The van der Waals surface area contributed by atoms with Crippen molar-refractivity contribution in [1.82, 2.24) is 25.0 Å². The number of H-pyrrole nitrogens is 1. The summed E-state index contributed by atoms with van der Waals surface area (Å²) in [4.78, 5) is 33.1. The number of carbonyl (C=O) groups is 2. The number of aromatic amines is 1. The van der Waals surface area contributed by atoms with E-state index in [1.54, 1.807) is 4.90 Å². The lowest BCUT2D eigenvalue weighted by Crippen LogP contribution is -2.34. The number of nitrogens with one attached hydrogen (secondary N) is 1. The molecule has 130 valence electrons. The minimum absolute atomic E-state index is 0.0194. The van der Waals surface area contributed by atoms with Gasteiger partial charge in [0.1, 0.15) is 5.82 Å². The number of aryl methyl sites for hydroxylation is 1. The summed E-state index contributed by atoms with van der Waals surface area (Å²) < 4.78 is 0. The number of nitrogens with zero attached hydrogens (tertiary/aromatic N) is 4. The first-order valence-corrected chi connectivity index (χ1v) is 8.69. The molecule has 1 fully saturated rings. The van der Waals surface area contributed by atoms with Crippen molar-refractivity contribution in [2.75, 3.05) is 13.1 Å². The summed E-state index contributed by atoms with van der Waals surface area (Å²) in [5.41, 5.74) is 1.79. The van der Waals surface area contributed by atoms with Gasteiger partial charge in [0.25, 0.3) is 5.91 Å². The zero-order valence-electron chi connectivity index (χ0n) is 14.2. The van der Waals surface area contributed by atoms with Crippen LogP contribution in [-0.2, 0) is 11.3 Å². The number of likely N-dealkylation sites (tertiary alicyclic amines) is 1. The minimum Gasteiger partial charge on any atom is -0.334 e. The highest BCUT2D eigenvalue weighted by molar-refractivity contribution is 5.98. The van der Waals surface area contributed by atoms with Gasteiger partial charge in [0.05, 0.1) is 6.04 Å². The molecule has 0 aliphatic carbocycles. The predicted molar refractivity (Wildman–Crippen MR) is 90.6 cm³/mol. The van der Waals surface area contributed by atoms with Crippen molar-refractivity contribution in [3.8, 4) is 0 Å². The maximum absolute atomic E-state index is 12.7. The van der Waals surface area contributed by atoms with Crippen LogP contribution in [-0.4, -0.2) is 49.9 Å². The van der Waals surface area contributed by atoms with E-state index in [1.165, 1.54) is 0 Å². The van der Waals surface area contributed by atoms with Gasteiger partial charge in [-0.3, -0.25) is 14.7 Å². The Morgan fingerprint density at radius 2 is 2.20 bits per heavy atom. The van der Waals surface area contributed by atoms with E-state index in [1.807, 2.05) is 36.1 Å². The summed E-state index contributed by atoms with van der Waals surface area (Å²) in [6.45, 7) is 3.62. The van der Waals surface area contributed by atoms with Crippen molar-refractivity contribution >= 4 is 11.8 Å². The summed E-state index contributed by atoms with van der Waals surface area (Å²) in [6.07, 6.45) is 2.18. The van der Waals surface area contributed by atoms with Crippen LogP contribution in [0.3, 0.4) is 0 Å². The zero-order chi connectivity index (χ0) is 17.4. The fraction of sp³-hybridized carbons (Fsp3) is 0.444. The molecule has 0 saturated carbocycles. The van der Waals surface area contributed by atoms with E-state index in [0.717, 1.165) is 36.3 Å². The summed E-state index contributed by atoms with van der Waals surface area (Å²) in [7, 11) is 0. The first-order chi connectivity index (χ1) is 12.1. The molecule has 1 aromatic carbocycles. The van der Waals surface area contributed by atoms with Crippen LogP contribution in [0.1, 0.15) is 52.9 Å². The first kappa shape index (κ1) is 15.8. The largest absolute Gasteiger partial charge is 0.334 e. The maximum atomic E-state index is 12.7. The van der Waals surface area contributed by atoms with Gasteiger partial charge in [-0.2, -0.15) is 5.10 Å². The van der Waals surface area contributed by atoms with Crippen LogP contribution in [0.2, 0.25) is 0 Å². The number of carbonyl (C=O) groups excluding carboxylic acids is 2. The monoisotopic (exact) mass is 339 g/mol. The molecule has 2 aromatic rings. The van der Waals surface area contributed by atoms with Crippen molar-refractivity contribution in [2.45, 2.75) is 38.8 Å². The van der Waals surface area contributed by atoms with Crippen molar-refractivity contribution in [1.29, 1.82) is 0 Å². The Kier molecular flexibility index (Phi) is 3.99. The van der Waals surface area contributed by atoms with Gasteiger partial charge in [-0.25, -0.2) is 4.98 Å². The molecule has 4 rings (SSSR count). The van der Waals surface area contributed by atoms with Crippen molar-refractivity contribution in [3.05, 3.63) is 47.0 Å². The highest BCUT2D eigenvalue weighted by Crippen LogP contribution is 2.30. The average molecular weight is 339 g/mol. The van der Waals surface area contributed by atoms with Crippen LogP contribution in [0.5, 0.6) is 0 Å². The normalized spacial score (nSPS) is 19.6. The van der Waals surface area contributed by atoms with Gasteiger partial charge >= 0.3 is 0 Å². The third-order valence-corrected chi connectivity index (χ3v) is 4.98. The van der Waals surface area contributed by atoms with Gasteiger partial charge in [-0.05, 0) is 31.4 Å². The first-order valence-electron chi connectivity index (χ1n) is 8.69. The number of rotatable bonds is 4. The number of fused-ring (bicyclic) bond motifs is 1. The lowest BCUT2D eigenvalue weighted by atomic mass is 10.1. The van der Waals surface area contributed by atoms with E-state index in [-0.39, 0.29) is 17.9 Å². The van der Waals surface area contributed by atoms with Crippen LogP contribution in [0, 0.1) is 6.92 Å². The summed E-state index contributed by atoms with van der Waals surface area (Å²) in [5.74, 6) is 1.53. The SMILES string of the molecule is Cc1nc(C2CCCN2C(=O)CCN2Cc3ccccc3C2=O)n[nH]1. The lowest BCUT2D eigenvalue weighted by molar-refractivity contribution is -0.132. The Balaban J connectivity index is 1.39. The summed E-state index contributed by atoms with van der Waals surface area (Å²) >= 11 is 0. The molecule has 2 aliphatic heterocycles. The number of benzene rings is 1. The number of aromatic nitrogens is 3. The molecule has 1 aromatic heterocycles. The molecule has 2 amide bonds. The van der Waals surface area contributed by atoms with Crippen LogP contribution < -0.4 is 0 Å². The van der Waals surface area contributed by atoms with E-state index >= 15 is 0 Å². The van der Waals surface area contributed by atoms with E-state index in [2.05, 4.69) is 15.2 Å². The van der Waals surface area contributed by atoms with Gasteiger partial charge in [0, 0.05) is 31.6 Å². The van der Waals surface area contributed by atoms with Crippen LogP contribution in [0.4, 0.5) is 0 Å². The molecule has 1 N–H and O–H groups in total. The van der Waals surface area contributed by atoms with Crippen molar-refractivity contribution < 1.29 is 9.59 Å². The molecule has 3 heterocycles. The molecule has 25 heavy (non-hydrogen) atoms.